The van der Waals surface area contributed by atoms with E-state index in [1.54, 1.807) is 0 Å². The van der Waals surface area contributed by atoms with Crippen molar-refractivity contribution in [2.45, 2.75) is 0 Å². The molecule has 27 heavy (non-hydrogen) atoms. The van der Waals surface area contributed by atoms with E-state index in [0.717, 1.165) is 21.8 Å². The topological polar surface area (TPSA) is 13.1 Å². The fourth-order valence-electron chi connectivity index (χ4n) is 3.95. The summed E-state index contributed by atoms with van der Waals surface area (Å²) in [4.78, 5) is 0. The maximum atomic E-state index is 6.24. The molecule has 0 atom stereocenters. The van der Waals surface area contributed by atoms with E-state index in [4.69, 9.17) is 16.0 Å². The quantitative estimate of drug-likeness (QED) is 0.278. The molecule has 6 aromatic rings. The molecule has 0 aliphatic heterocycles. The summed E-state index contributed by atoms with van der Waals surface area (Å²) in [5.41, 5.74) is 4.25. The molecule has 6 rings (SSSR count). The first kappa shape index (κ1) is 15.3. The van der Waals surface area contributed by atoms with Gasteiger partial charge in [-0.3, -0.25) is 0 Å². The highest BCUT2D eigenvalue weighted by molar-refractivity contribution is 7.27. The first-order chi connectivity index (χ1) is 13.3. The largest absolute Gasteiger partial charge is 0.456 e. The van der Waals surface area contributed by atoms with E-state index in [9.17, 15) is 0 Å². The summed E-state index contributed by atoms with van der Waals surface area (Å²) in [5, 5.41) is 5.70. The molecular weight excluding hydrogens is 372 g/mol. The van der Waals surface area contributed by atoms with Crippen molar-refractivity contribution < 1.29 is 4.42 Å². The minimum atomic E-state index is 0.758. The van der Waals surface area contributed by atoms with Crippen LogP contribution in [0.2, 0.25) is 5.02 Å². The third kappa shape index (κ3) is 2.18. The molecule has 0 fully saturated rings. The molecule has 4 aromatic carbocycles. The molecule has 0 saturated heterocycles. The van der Waals surface area contributed by atoms with Gasteiger partial charge in [-0.05, 0) is 41.5 Å². The summed E-state index contributed by atoms with van der Waals surface area (Å²) < 4.78 is 8.64. The molecule has 2 heterocycles. The molecule has 0 aliphatic rings. The second kappa shape index (κ2) is 5.59. The summed E-state index contributed by atoms with van der Waals surface area (Å²) in [6.45, 7) is 0. The first-order valence-electron chi connectivity index (χ1n) is 8.81. The van der Waals surface area contributed by atoms with Crippen molar-refractivity contribution in [1.82, 2.24) is 0 Å². The van der Waals surface area contributed by atoms with Crippen LogP contribution in [0.3, 0.4) is 0 Å². The highest BCUT2D eigenvalue weighted by Crippen LogP contribution is 2.45. The monoisotopic (exact) mass is 384 g/mol. The minimum absolute atomic E-state index is 0.758. The Morgan fingerprint density at radius 3 is 2.41 bits per heavy atom. The van der Waals surface area contributed by atoms with E-state index < -0.39 is 0 Å². The molecule has 3 heteroatoms. The van der Waals surface area contributed by atoms with Gasteiger partial charge in [-0.25, -0.2) is 0 Å². The number of para-hydroxylation sites is 1. The number of hydrogen-bond acceptors (Lipinski definition) is 2. The van der Waals surface area contributed by atoms with Crippen LogP contribution in [0.15, 0.2) is 83.3 Å². The molecule has 0 aliphatic carbocycles. The Morgan fingerprint density at radius 2 is 1.48 bits per heavy atom. The van der Waals surface area contributed by atoms with Crippen molar-refractivity contribution in [3.63, 3.8) is 0 Å². The van der Waals surface area contributed by atoms with Crippen LogP contribution in [-0.4, -0.2) is 0 Å². The smallest absolute Gasteiger partial charge is 0.136 e. The van der Waals surface area contributed by atoms with Crippen LogP contribution in [0.1, 0.15) is 0 Å². The van der Waals surface area contributed by atoms with E-state index in [1.807, 2.05) is 41.7 Å². The number of halogens is 1. The van der Waals surface area contributed by atoms with Crippen molar-refractivity contribution in [3.8, 4) is 11.1 Å². The Balaban J connectivity index is 1.78. The van der Waals surface area contributed by atoms with Crippen molar-refractivity contribution in [2.24, 2.45) is 0 Å². The van der Waals surface area contributed by atoms with E-state index in [1.165, 1.54) is 36.5 Å². The molecule has 0 saturated carbocycles. The van der Waals surface area contributed by atoms with Crippen molar-refractivity contribution in [1.29, 1.82) is 0 Å². The van der Waals surface area contributed by atoms with E-state index >= 15 is 0 Å². The third-order valence-electron chi connectivity index (χ3n) is 5.14. The summed E-state index contributed by atoms with van der Waals surface area (Å²) in [7, 11) is 0. The Labute approximate surface area is 164 Å². The molecule has 0 spiro atoms. The third-order valence-corrected chi connectivity index (χ3v) is 6.65. The molecule has 2 aromatic heterocycles. The standard InChI is InChI=1S/C24H13ClOS/c25-15-6-3-5-14(13-15)16-8-4-9-17-18-11-12-21-22(24(18)27-23(16)17)19-7-1-2-10-20(19)26-21/h1-13H. The number of benzene rings is 4. The zero-order chi connectivity index (χ0) is 18.0. The number of furan rings is 1. The highest BCUT2D eigenvalue weighted by Gasteiger charge is 2.16. The Morgan fingerprint density at radius 1 is 0.667 bits per heavy atom. The lowest BCUT2D eigenvalue weighted by Crippen LogP contribution is -1.77. The zero-order valence-electron chi connectivity index (χ0n) is 14.2. The normalized spacial score (nSPS) is 11.9. The maximum absolute atomic E-state index is 6.24. The van der Waals surface area contributed by atoms with Crippen LogP contribution in [0.25, 0.3) is 53.2 Å². The molecule has 128 valence electrons. The lowest BCUT2D eigenvalue weighted by Gasteiger charge is -2.04. The predicted molar refractivity (Wildman–Crippen MR) is 117 cm³/mol. The SMILES string of the molecule is Clc1cccc(-c2cccc3c2sc2c3ccc3oc4ccccc4c32)c1. The molecule has 0 N–H and O–H groups in total. The van der Waals surface area contributed by atoms with Crippen LogP contribution < -0.4 is 0 Å². The lowest BCUT2D eigenvalue weighted by atomic mass is 10.0. The van der Waals surface area contributed by atoms with Gasteiger partial charge in [0.15, 0.2) is 0 Å². The summed E-state index contributed by atoms with van der Waals surface area (Å²) in [6, 6.07) is 27.1. The second-order valence-corrected chi connectivity index (χ2v) is 8.17. The number of rotatable bonds is 1. The van der Waals surface area contributed by atoms with Gasteiger partial charge in [0.25, 0.3) is 0 Å². The number of thiophene rings is 1. The fourth-order valence-corrected chi connectivity index (χ4v) is 5.53. The Bertz CT molecular complexity index is 1490. The summed E-state index contributed by atoms with van der Waals surface area (Å²) in [6.07, 6.45) is 0. The van der Waals surface area contributed by atoms with Crippen molar-refractivity contribution in [3.05, 3.63) is 83.9 Å². The molecule has 1 nitrogen and oxygen atoms in total. The van der Waals surface area contributed by atoms with E-state index in [2.05, 4.69) is 48.5 Å². The first-order valence-corrected chi connectivity index (χ1v) is 10.0. The van der Waals surface area contributed by atoms with E-state index in [-0.39, 0.29) is 0 Å². The van der Waals surface area contributed by atoms with Crippen molar-refractivity contribution >= 4 is 65.0 Å². The molecule has 0 amide bonds. The Kier molecular flexibility index (Phi) is 3.16. The van der Waals surface area contributed by atoms with Gasteiger partial charge < -0.3 is 4.42 Å². The second-order valence-electron chi connectivity index (χ2n) is 6.71. The van der Waals surface area contributed by atoms with Crippen molar-refractivity contribution in [2.75, 3.05) is 0 Å². The lowest BCUT2D eigenvalue weighted by molar-refractivity contribution is 0.669. The average Bonchev–Trinajstić information content (AvgIpc) is 3.25. The van der Waals surface area contributed by atoms with Gasteiger partial charge in [0, 0.05) is 36.0 Å². The van der Waals surface area contributed by atoms with Gasteiger partial charge in [0.05, 0.1) is 0 Å². The zero-order valence-corrected chi connectivity index (χ0v) is 15.8. The molecule has 0 radical (unpaired) electrons. The highest BCUT2D eigenvalue weighted by atomic mass is 35.5. The minimum Gasteiger partial charge on any atom is -0.456 e. The summed E-state index contributed by atoms with van der Waals surface area (Å²) >= 11 is 8.08. The van der Waals surface area contributed by atoms with Crippen LogP contribution >= 0.6 is 22.9 Å². The van der Waals surface area contributed by atoms with Gasteiger partial charge >= 0.3 is 0 Å². The Hall–Kier alpha value is -2.81. The van der Waals surface area contributed by atoms with Crippen LogP contribution in [0, 0.1) is 0 Å². The van der Waals surface area contributed by atoms with Gasteiger partial charge in [-0.15, -0.1) is 11.3 Å². The fraction of sp³-hybridized carbons (Fsp3) is 0. The van der Waals surface area contributed by atoms with Crippen LogP contribution in [-0.2, 0) is 0 Å². The van der Waals surface area contributed by atoms with E-state index in [0.29, 0.717) is 0 Å². The van der Waals surface area contributed by atoms with Crippen LogP contribution in [0.4, 0.5) is 0 Å². The number of fused-ring (bicyclic) bond motifs is 7. The van der Waals surface area contributed by atoms with Gasteiger partial charge in [0.1, 0.15) is 11.2 Å². The summed E-state index contributed by atoms with van der Waals surface area (Å²) in [5.74, 6) is 0. The molecule has 0 unspecified atom stereocenters. The van der Waals surface area contributed by atoms with Gasteiger partial charge in [-0.2, -0.15) is 0 Å². The number of hydrogen-bond donors (Lipinski definition) is 0. The predicted octanol–water partition coefficient (Wildman–Crippen LogP) is 8.27. The molecule has 0 bridgehead atoms. The maximum Gasteiger partial charge on any atom is 0.136 e. The van der Waals surface area contributed by atoms with Gasteiger partial charge in [0.2, 0.25) is 0 Å². The van der Waals surface area contributed by atoms with Gasteiger partial charge in [-0.1, -0.05) is 60.1 Å². The molecular formula is C24H13ClOS. The van der Waals surface area contributed by atoms with Crippen LogP contribution in [0.5, 0.6) is 0 Å². The average molecular weight is 385 g/mol.